The third kappa shape index (κ3) is 4.23. The van der Waals surface area contributed by atoms with Crippen molar-refractivity contribution in [1.29, 1.82) is 0 Å². The van der Waals surface area contributed by atoms with E-state index in [9.17, 15) is 19.5 Å². The van der Waals surface area contributed by atoms with Gasteiger partial charge in [0, 0.05) is 13.0 Å². The summed E-state index contributed by atoms with van der Waals surface area (Å²) >= 11 is 5.86. The minimum absolute atomic E-state index is 0.0473. The minimum Gasteiger partial charge on any atom is -0.503 e. The van der Waals surface area contributed by atoms with E-state index in [2.05, 4.69) is 15.8 Å². The predicted octanol–water partition coefficient (Wildman–Crippen LogP) is 1.22. The second-order valence-corrected chi connectivity index (χ2v) is 6.52. The monoisotopic (exact) mass is 382 g/mol. The summed E-state index contributed by atoms with van der Waals surface area (Å²) < 4.78 is 4.97. The smallest absolute Gasteiger partial charge is 0.325 e. The first kappa shape index (κ1) is 19.5. The first-order valence-corrected chi connectivity index (χ1v) is 8.06. The molecule has 1 saturated heterocycles. The van der Waals surface area contributed by atoms with Crippen molar-refractivity contribution in [3.63, 3.8) is 0 Å². The predicted molar refractivity (Wildman–Crippen MR) is 94.3 cm³/mol. The molecule has 140 valence electrons. The van der Waals surface area contributed by atoms with Crippen molar-refractivity contribution < 1.29 is 24.2 Å². The van der Waals surface area contributed by atoms with Crippen molar-refractivity contribution in [3.05, 3.63) is 22.7 Å². The molecule has 1 fully saturated rings. The van der Waals surface area contributed by atoms with Gasteiger partial charge < -0.3 is 15.2 Å². The number of nitrogens with zero attached hydrogens (tertiary/aromatic N) is 2. The van der Waals surface area contributed by atoms with Gasteiger partial charge in [-0.05, 0) is 31.5 Å². The number of aromatic hydroxyl groups is 1. The number of methoxy groups -OCH3 is 1. The molecule has 3 N–H and O–H groups in total. The van der Waals surface area contributed by atoms with E-state index in [0.717, 1.165) is 4.90 Å². The van der Waals surface area contributed by atoms with Gasteiger partial charge in [0.15, 0.2) is 11.5 Å². The standard InChI is InChI=1S/C16H19ClN4O5/c1-16(2)14(24)21(15(25)19-16)5-4-12(22)20-18-8-9-6-10(17)13(23)11(7-9)26-3/h6-8,23H,4-5H2,1-3H3,(H,19,25)(H,20,22)/b18-8+. The highest BCUT2D eigenvalue weighted by molar-refractivity contribution is 6.32. The summed E-state index contributed by atoms with van der Waals surface area (Å²) in [5.41, 5.74) is 1.82. The van der Waals surface area contributed by atoms with Crippen molar-refractivity contribution >= 4 is 35.7 Å². The average molecular weight is 383 g/mol. The van der Waals surface area contributed by atoms with Crippen LogP contribution in [-0.4, -0.2) is 53.3 Å². The third-order valence-electron chi connectivity index (χ3n) is 3.68. The number of rotatable bonds is 6. The van der Waals surface area contributed by atoms with Gasteiger partial charge in [0.25, 0.3) is 5.91 Å². The van der Waals surface area contributed by atoms with Gasteiger partial charge in [-0.1, -0.05) is 11.6 Å². The highest BCUT2D eigenvalue weighted by atomic mass is 35.5. The molecule has 1 aliphatic rings. The van der Waals surface area contributed by atoms with Gasteiger partial charge in [-0.15, -0.1) is 0 Å². The van der Waals surface area contributed by atoms with Gasteiger partial charge in [0.05, 0.1) is 18.3 Å². The number of phenols is 1. The molecule has 4 amide bonds. The van der Waals surface area contributed by atoms with E-state index in [0.29, 0.717) is 5.56 Å². The van der Waals surface area contributed by atoms with Crippen LogP contribution in [0.3, 0.4) is 0 Å². The molecule has 0 bridgehead atoms. The molecular formula is C16H19ClN4O5. The van der Waals surface area contributed by atoms with Crippen LogP contribution in [0.4, 0.5) is 4.79 Å². The minimum atomic E-state index is -0.969. The van der Waals surface area contributed by atoms with Gasteiger partial charge in [-0.3, -0.25) is 14.5 Å². The van der Waals surface area contributed by atoms with Gasteiger partial charge in [-0.25, -0.2) is 10.2 Å². The van der Waals surface area contributed by atoms with E-state index in [1.165, 1.54) is 25.5 Å². The Hall–Kier alpha value is -2.81. The van der Waals surface area contributed by atoms with Gasteiger partial charge in [0.1, 0.15) is 5.54 Å². The van der Waals surface area contributed by atoms with Crippen LogP contribution < -0.4 is 15.5 Å². The molecule has 0 spiro atoms. The van der Waals surface area contributed by atoms with Crippen LogP contribution in [0.2, 0.25) is 5.02 Å². The molecular weight excluding hydrogens is 364 g/mol. The molecule has 1 aromatic carbocycles. The quantitative estimate of drug-likeness (QED) is 0.388. The van der Waals surface area contributed by atoms with E-state index < -0.39 is 17.5 Å². The van der Waals surface area contributed by atoms with Crippen LogP contribution in [0.15, 0.2) is 17.2 Å². The Morgan fingerprint density at radius 1 is 1.46 bits per heavy atom. The van der Waals surface area contributed by atoms with Crippen molar-refractivity contribution in [3.8, 4) is 11.5 Å². The van der Waals surface area contributed by atoms with Gasteiger partial charge in [0.2, 0.25) is 5.91 Å². The molecule has 0 aromatic heterocycles. The number of ether oxygens (including phenoxy) is 1. The highest BCUT2D eigenvalue weighted by Gasteiger charge is 2.43. The zero-order chi connectivity index (χ0) is 19.5. The van der Waals surface area contributed by atoms with E-state index >= 15 is 0 Å². The number of hydrazone groups is 1. The molecule has 2 rings (SSSR count). The Labute approximate surface area is 154 Å². The van der Waals surface area contributed by atoms with Crippen LogP contribution in [0.5, 0.6) is 11.5 Å². The topological polar surface area (TPSA) is 120 Å². The molecule has 0 unspecified atom stereocenters. The lowest BCUT2D eigenvalue weighted by Gasteiger charge is -2.15. The number of amides is 4. The normalized spacial score (nSPS) is 16.1. The number of imide groups is 1. The maximum Gasteiger partial charge on any atom is 0.325 e. The summed E-state index contributed by atoms with van der Waals surface area (Å²) in [6.07, 6.45) is 1.23. The van der Waals surface area contributed by atoms with Crippen LogP contribution >= 0.6 is 11.6 Å². The van der Waals surface area contributed by atoms with Crippen LogP contribution in [0.25, 0.3) is 0 Å². The van der Waals surface area contributed by atoms with Gasteiger partial charge in [-0.2, -0.15) is 5.10 Å². The fourth-order valence-electron chi connectivity index (χ4n) is 2.29. The van der Waals surface area contributed by atoms with Crippen molar-refractivity contribution in [2.45, 2.75) is 25.8 Å². The lowest BCUT2D eigenvalue weighted by atomic mass is 10.1. The summed E-state index contributed by atoms with van der Waals surface area (Å²) in [5, 5.41) is 16.0. The molecule has 0 saturated carbocycles. The summed E-state index contributed by atoms with van der Waals surface area (Å²) in [5.74, 6) is -0.869. The molecule has 1 aromatic rings. The Bertz CT molecular complexity index is 778. The van der Waals surface area contributed by atoms with Crippen LogP contribution in [-0.2, 0) is 9.59 Å². The Kier molecular flexibility index (Phi) is 5.71. The zero-order valence-electron chi connectivity index (χ0n) is 14.5. The number of hydrogen-bond donors (Lipinski definition) is 3. The molecule has 10 heteroatoms. The van der Waals surface area contributed by atoms with E-state index in [-0.39, 0.29) is 35.4 Å². The first-order valence-electron chi connectivity index (χ1n) is 7.68. The molecule has 0 radical (unpaired) electrons. The summed E-state index contributed by atoms with van der Waals surface area (Å²) in [6.45, 7) is 3.14. The van der Waals surface area contributed by atoms with E-state index in [1.54, 1.807) is 13.8 Å². The fraction of sp³-hybridized carbons (Fsp3) is 0.375. The van der Waals surface area contributed by atoms with E-state index in [1.807, 2.05) is 0 Å². The Morgan fingerprint density at radius 3 is 2.73 bits per heavy atom. The number of phenolic OH excluding ortho intramolecular Hbond substituents is 1. The summed E-state index contributed by atoms with van der Waals surface area (Å²) in [6, 6.07) is 2.42. The lowest BCUT2D eigenvalue weighted by molar-refractivity contribution is -0.130. The largest absolute Gasteiger partial charge is 0.503 e. The molecule has 26 heavy (non-hydrogen) atoms. The zero-order valence-corrected chi connectivity index (χ0v) is 15.3. The second-order valence-electron chi connectivity index (χ2n) is 6.11. The lowest BCUT2D eigenvalue weighted by Crippen LogP contribution is -2.40. The molecule has 1 heterocycles. The fourth-order valence-corrected chi connectivity index (χ4v) is 2.51. The molecule has 0 atom stereocenters. The first-order chi connectivity index (χ1) is 12.2. The Balaban J connectivity index is 1.89. The Morgan fingerprint density at radius 2 is 2.15 bits per heavy atom. The second kappa shape index (κ2) is 7.61. The van der Waals surface area contributed by atoms with Crippen molar-refractivity contribution in [2.24, 2.45) is 5.10 Å². The number of carbonyl (C=O) groups excluding carboxylic acids is 3. The highest BCUT2D eigenvalue weighted by Crippen LogP contribution is 2.34. The molecule has 1 aliphatic heterocycles. The summed E-state index contributed by atoms with van der Waals surface area (Å²) in [7, 11) is 1.38. The third-order valence-corrected chi connectivity index (χ3v) is 3.97. The average Bonchev–Trinajstić information content (AvgIpc) is 2.76. The number of hydrogen-bond acceptors (Lipinski definition) is 6. The summed E-state index contributed by atoms with van der Waals surface area (Å²) in [4.78, 5) is 36.5. The number of halogens is 1. The maximum atomic E-state index is 12.0. The number of carbonyl (C=O) groups is 3. The van der Waals surface area contributed by atoms with Crippen molar-refractivity contribution in [1.82, 2.24) is 15.6 Å². The van der Waals surface area contributed by atoms with Gasteiger partial charge >= 0.3 is 6.03 Å². The van der Waals surface area contributed by atoms with E-state index in [4.69, 9.17) is 16.3 Å². The number of nitrogens with one attached hydrogen (secondary N) is 2. The maximum absolute atomic E-state index is 12.0. The van der Waals surface area contributed by atoms with Crippen LogP contribution in [0, 0.1) is 0 Å². The van der Waals surface area contributed by atoms with Crippen molar-refractivity contribution in [2.75, 3.05) is 13.7 Å². The van der Waals surface area contributed by atoms with Crippen LogP contribution in [0.1, 0.15) is 25.8 Å². The number of benzene rings is 1. The number of urea groups is 1. The molecule has 0 aliphatic carbocycles. The molecule has 9 nitrogen and oxygen atoms in total. The SMILES string of the molecule is COc1cc(/C=N/NC(=O)CCN2C(=O)NC(C)(C)C2=O)cc(Cl)c1O.